The second-order valence-electron chi connectivity index (χ2n) is 6.36. The van der Waals surface area contributed by atoms with Crippen molar-refractivity contribution in [3.8, 4) is 5.75 Å². The van der Waals surface area contributed by atoms with Crippen molar-refractivity contribution in [2.24, 2.45) is 0 Å². The van der Waals surface area contributed by atoms with Crippen LogP contribution in [-0.4, -0.2) is 45.7 Å². The number of hydrogen-bond donors (Lipinski definition) is 4. The predicted octanol–water partition coefficient (Wildman–Crippen LogP) is 3.02. The largest absolute Gasteiger partial charge is 0.508 e. The summed E-state index contributed by atoms with van der Waals surface area (Å²) in [5.74, 6) is 0.572. The number of thioether (sulfide) groups is 1. The molecule has 0 saturated carbocycles. The van der Waals surface area contributed by atoms with Gasteiger partial charge in [-0.1, -0.05) is 31.2 Å². The number of carbonyl (C=O) groups excluding carboxylic acids is 2. The second kappa shape index (κ2) is 11.4. The van der Waals surface area contributed by atoms with E-state index in [1.54, 1.807) is 48.2 Å². The van der Waals surface area contributed by atoms with Crippen LogP contribution in [0.2, 0.25) is 0 Å². The Bertz CT molecular complexity index is 770. The summed E-state index contributed by atoms with van der Waals surface area (Å²) in [4.78, 5) is 25.2. The van der Waals surface area contributed by atoms with Crippen LogP contribution in [0.4, 0.5) is 5.69 Å². The van der Waals surface area contributed by atoms with E-state index in [0.717, 1.165) is 0 Å². The molecule has 0 heterocycles. The molecule has 0 spiro atoms. The van der Waals surface area contributed by atoms with E-state index in [1.807, 2.05) is 13.0 Å². The summed E-state index contributed by atoms with van der Waals surface area (Å²) in [6.45, 7) is 1.91. The molecule has 7 heteroatoms. The van der Waals surface area contributed by atoms with Crippen LogP contribution >= 0.6 is 11.8 Å². The van der Waals surface area contributed by atoms with Crippen LogP contribution in [0.3, 0.4) is 0 Å². The lowest BCUT2D eigenvalue weighted by atomic mass is 10.1. The number of aliphatic hydroxyl groups excluding tert-OH is 1. The van der Waals surface area contributed by atoms with Gasteiger partial charge in [-0.15, -0.1) is 0 Å². The Kier molecular flexibility index (Phi) is 8.84. The predicted molar refractivity (Wildman–Crippen MR) is 113 cm³/mol. The standard InChI is InChI=1S/C21H26N2O4S/c1-2-17(24)14-28-12-11-19(23-20(26)15-7-4-3-5-8-15)21(27)22-16-9-6-10-18(25)13-16/h3-10,13,17,19,24-25H,2,11-12,14H2,1H3,(H,22,27)(H,23,26). The van der Waals surface area contributed by atoms with Crippen molar-refractivity contribution in [1.82, 2.24) is 5.32 Å². The van der Waals surface area contributed by atoms with E-state index >= 15 is 0 Å². The second-order valence-corrected chi connectivity index (χ2v) is 7.51. The van der Waals surface area contributed by atoms with Gasteiger partial charge in [0.25, 0.3) is 5.91 Å². The Morgan fingerprint density at radius 1 is 1.11 bits per heavy atom. The van der Waals surface area contributed by atoms with E-state index in [9.17, 15) is 19.8 Å². The van der Waals surface area contributed by atoms with Gasteiger partial charge in [0, 0.05) is 23.1 Å². The molecule has 0 aliphatic rings. The number of aliphatic hydroxyl groups is 1. The summed E-state index contributed by atoms with van der Waals surface area (Å²) in [6, 6.07) is 14.2. The van der Waals surface area contributed by atoms with Crippen LogP contribution in [0.15, 0.2) is 54.6 Å². The Hall–Kier alpha value is -2.51. The van der Waals surface area contributed by atoms with Crippen LogP contribution in [0.5, 0.6) is 5.75 Å². The number of hydrogen-bond acceptors (Lipinski definition) is 5. The van der Waals surface area contributed by atoms with Crippen molar-refractivity contribution in [3.63, 3.8) is 0 Å². The molecule has 6 nitrogen and oxygen atoms in total. The lowest BCUT2D eigenvalue weighted by molar-refractivity contribution is -0.118. The number of rotatable bonds is 10. The van der Waals surface area contributed by atoms with Gasteiger partial charge in [0.05, 0.1) is 6.10 Å². The summed E-state index contributed by atoms with van der Waals surface area (Å²) in [5.41, 5.74) is 0.935. The average molecular weight is 403 g/mol. The molecule has 0 saturated heterocycles. The van der Waals surface area contributed by atoms with Gasteiger partial charge in [-0.3, -0.25) is 9.59 Å². The van der Waals surface area contributed by atoms with Crippen molar-refractivity contribution in [1.29, 1.82) is 0 Å². The van der Waals surface area contributed by atoms with Gasteiger partial charge in [-0.2, -0.15) is 11.8 Å². The molecular weight excluding hydrogens is 376 g/mol. The Balaban J connectivity index is 2.01. The number of amides is 2. The minimum Gasteiger partial charge on any atom is -0.508 e. The zero-order valence-corrected chi connectivity index (χ0v) is 16.6. The molecule has 2 atom stereocenters. The first kappa shape index (κ1) is 21.8. The zero-order chi connectivity index (χ0) is 20.4. The minimum atomic E-state index is -0.735. The molecule has 0 aromatic heterocycles. The van der Waals surface area contributed by atoms with Crippen molar-refractivity contribution in [2.75, 3.05) is 16.8 Å². The summed E-state index contributed by atoms with van der Waals surface area (Å²) < 4.78 is 0. The number of benzene rings is 2. The minimum absolute atomic E-state index is 0.0479. The molecule has 0 aliphatic heterocycles. The number of aromatic hydroxyl groups is 1. The SMILES string of the molecule is CCC(O)CSCCC(NC(=O)c1ccccc1)C(=O)Nc1cccc(O)c1. The highest BCUT2D eigenvalue weighted by Gasteiger charge is 2.21. The molecule has 2 aromatic rings. The van der Waals surface area contributed by atoms with E-state index in [0.29, 0.717) is 35.6 Å². The van der Waals surface area contributed by atoms with E-state index in [1.165, 1.54) is 12.1 Å². The monoisotopic (exact) mass is 402 g/mol. The first-order chi connectivity index (χ1) is 13.5. The molecule has 2 aromatic carbocycles. The normalized spacial score (nSPS) is 12.8. The van der Waals surface area contributed by atoms with Crippen LogP contribution in [-0.2, 0) is 4.79 Å². The van der Waals surface area contributed by atoms with Gasteiger partial charge in [-0.05, 0) is 42.9 Å². The summed E-state index contributed by atoms with van der Waals surface area (Å²) >= 11 is 1.54. The van der Waals surface area contributed by atoms with Crippen LogP contribution in [0, 0.1) is 0 Å². The van der Waals surface area contributed by atoms with E-state index in [2.05, 4.69) is 10.6 Å². The first-order valence-electron chi connectivity index (χ1n) is 9.21. The number of phenols is 1. The van der Waals surface area contributed by atoms with Crippen LogP contribution in [0.1, 0.15) is 30.1 Å². The number of phenolic OH excluding ortho intramolecular Hbond substituents is 1. The number of anilines is 1. The van der Waals surface area contributed by atoms with Gasteiger partial charge in [0.2, 0.25) is 5.91 Å². The van der Waals surface area contributed by atoms with Gasteiger partial charge in [0.15, 0.2) is 0 Å². The molecule has 4 N–H and O–H groups in total. The number of carbonyl (C=O) groups is 2. The van der Waals surface area contributed by atoms with Gasteiger partial charge in [-0.25, -0.2) is 0 Å². The van der Waals surface area contributed by atoms with Crippen LogP contribution in [0.25, 0.3) is 0 Å². The Morgan fingerprint density at radius 2 is 1.86 bits per heavy atom. The molecule has 0 radical (unpaired) electrons. The van der Waals surface area contributed by atoms with E-state index in [-0.39, 0.29) is 23.7 Å². The molecule has 0 aliphatic carbocycles. The Morgan fingerprint density at radius 3 is 2.54 bits per heavy atom. The number of nitrogens with one attached hydrogen (secondary N) is 2. The molecule has 0 fully saturated rings. The van der Waals surface area contributed by atoms with Crippen molar-refractivity contribution in [3.05, 3.63) is 60.2 Å². The molecule has 2 amide bonds. The molecule has 2 rings (SSSR count). The maximum absolute atomic E-state index is 12.7. The summed E-state index contributed by atoms with van der Waals surface area (Å²) in [7, 11) is 0. The fraction of sp³-hybridized carbons (Fsp3) is 0.333. The third-order valence-corrected chi connectivity index (χ3v) is 5.25. The molecule has 0 bridgehead atoms. The van der Waals surface area contributed by atoms with E-state index in [4.69, 9.17) is 0 Å². The quantitative estimate of drug-likeness (QED) is 0.458. The Labute approximate surface area is 169 Å². The maximum atomic E-state index is 12.7. The van der Waals surface area contributed by atoms with Crippen molar-refractivity contribution >= 4 is 29.3 Å². The summed E-state index contributed by atoms with van der Waals surface area (Å²) in [6.07, 6.45) is 0.729. The lowest BCUT2D eigenvalue weighted by Crippen LogP contribution is -2.44. The molecular formula is C21H26N2O4S. The van der Waals surface area contributed by atoms with Gasteiger partial charge >= 0.3 is 0 Å². The third kappa shape index (κ3) is 7.25. The lowest BCUT2D eigenvalue weighted by Gasteiger charge is -2.19. The van der Waals surface area contributed by atoms with Crippen molar-refractivity contribution in [2.45, 2.75) is 31.9 Å². The first-order valence-corrected chi connectivity index (χ1v) is 10.4. The van der Waals surface area contributed by atoms with E-state index < -0.39 is 6.04 Å². The average Bonchev–Trinajstić information content (AvgIpc) is 2.70. The molecule has 28 heavy (non-hydrogen) atoms. The highest BCUT2D eigenvalue weighted by atomic mass is 32.2. The molecule has 150 valence electrons. The highest BCUT2D eigenvalue weighted by molar-refractivity contribution is 7.99. The summed E-state index contributed by atoms with van der Waals surface area (Å²) in [5, 5.41) is 24.7. The smallest absolute Gasteiger partial charge is 0.251 e. The van der Waals surface area contributed by atoms with Gasteiger partial charge in [0.1, 0.15) is 11.8 Å². The fourth-order valence-electron chi connectivity index (χ4n) is 2.45. The maximum Gasteiger partial charge on any atom is 0.251 e. The third-order valence-electron chi connectivity index (χ3n) is 4.10. The zero-order valence-electron chi connectivity index (χ0n) is 15.8. The van der Waals surface area contributed by atoms with Crippen LogP contribution < -0.4 is 10.6 Å². The highest BCUT2D eigenvalue weighted by Crippen LogP contribution is 2.16. The van der Waals surface area contributed by atoms with Crippen molar-refractivity contribution < 1.29 is 19.8 Å². The topological polar surface area (TPSA) is 98.7 Å². The van der Waals surface area contributed by atoms with Gasteiger partial charge < -0.3 is 20.8 Å². The fourth-order valence-corrected chi connectivity index (χ4v) is 3.53. The molecule has 2 unspecified atom stereocenters.